The van der Waals surface area contributed by atoms with Crippen LogP contribution in [0.5, 0.6) is 0 Å². The predicted molar refractivity (Wildman–Crippen MR) is 113 cm³/mol. The van der Waals surface area contributed by atoms with Crippen molar-refractivity contribution in [1.82, 2.24) is 29.8 Å². The van der Waals surface area contributed by atoms with Crippen LogP contribution in [0.25, 0.3) is 16.9 Å². The molecule has 2 amide bonds. The lowest BCUT2D eigenvalue weighted by atomic mass is 10.1. The molecule has 1 aromatic carbocycles. The SMILES string of the molecule is CN(C)/C=N/C(=O)c1ccc(-n2nnc3cc(C(=O)N4CCC(F)(F)CC4)cnc32)cc1. The third kappa shape index (κ3) is 4.46. The molecule has 32 heavy (non-hydrogen) atoms. The van der Waals surface area contributed by atoms with Crippen molar-refractivity contribution in [3.05, 3.63) is 47.7 Å². The summed E-state index contributed by atoms with van der Waals surface area (Å²) in [6.45, 7) is 0.000434. The van der Waals surface area contributed by atoms with Crippen molar-refractivity contribution in [2.75, 3.05) is 27.2 Å². The van der Waals surface area contributed by atoms with Gasteiger partial charge in [0.1, 0.15) is 5.52 Å². The first-order valence-electron chi connectivity index (χ1n) is 9.97. The van der Waals surface area contributed by atoms with Crippen LogP contribution in [-0.2, 0) is 0 Å². The number of likely N-dealkylation sites (tertiary alicyclic amines) is 1. The minimum atomic E-state index is -2.72. The molecular formula is C21H21F2N7O2. The van der Waals surface area contributed by atoms with Gasteiger partial charge in [0.2, 0.25) is 0 Å². The molecule has 0 radical (unpaired) electrons. The molecule has 1 aliphatic rings. The molecule has 3 heterocycles. The molecule has 3 aromatic rings. The molecule has 1 aliphatic heterocycles. The van der Waals surface area contributed by atoms with E-state index in [4.69, 9.17) is 0 Å². The average molecular weight is 441 g/mol. The Bertz CT molecular complexity index is 1180. The Kier molecular flexibility index (Phi) is 5.64. The number of benzene rings is 1. The van der Waals surface area contributed by atoms with Gasteiger partial charge in [0.25, 0.3) is 17.7 Å². The van der Waals surface area contributed by atoms with Crippen molar-refractivity contribution in [2.24, 2.45) is 4.99 Å². The van der Waals surface area contributed by atoms with Crippen LogP contribution in [0.2, 0.25) is 0 Å². The van der Waals surface area contributed by atoms with Crippen molar-refractivity contribution in [3.63, 3.8) is 0 Å². The van der Waals surface area contributed by atoms with E-state index in [1.807, 2.05) is 0 Å². The fourth-order valence-corrected chi connectivity index (χ4v) is 3.32. The lowest BCUT2D eigenvalue weighted by Gasteiger charge is -2.31. The molecule has 0 unspecified atom stereocenters. The van der Waals surface area contributed by atoms with E-state index in [-0.39, 0.29) is 43.3 Å². The number of hydrogen-bond donors (Lipinski definition) is 0. The molecule has 1 saturated heterocycles. The number of rotatable bonds is 4. The summed E-state index contributed by atoms with van der Waals surface area (Å²) < 4.78 is 28.2. The van der Waals surface area contributed by atoms with Crippen LogP contribution in [0.1, 0.15) is 33.6 Å². The van der Waals surface area contributed by atoms with E-state index < -0.39 is 5.92 Å². The molecule has 11 heteroatoms. The molecule has 0 saturated carbocycles. The van der Waals surface area contributed by atoms with Crippen LogP contribution in [0.3, 0.4) is 0 Å². The molecule has 0 aliphatic carbocycles. The highest BCUT2D eigenvalue weighted by molar-refractivity contribution is 5.99. The van der Waals surface area contributed by atoms with Crippen molar-refractivity contribution >= 4 is 29.3 Å². The summed E-state index contributed by atoms with van der Waals surface area (Å²) in [5.41, 5.74) is 2.15. The van der Waals surface area contributed by atoms with Crippen LogP contribution in [-0.4, -0.2) is 81.0 Å². The Morgan fingerprint density at radius 3 is 2.47 bits per heavy atom. The first-order valence-corrected chi connectivity index (χ1v) is 9.97. The quantitative estimate of drug-likeness (QED) is 0.456. The number of nitrogens with zero attached hydrogens (tertiary/aromatic N) is 7. The molecule has 0 atom stereocenters. The standard InChI is InChI=1S/C21H21F2N7O2/c1-28(2)13-25-19(31)14-3-5-16(6-4-14)30-18-17(26-27-30)11-15(12-24-18)20(32)29-9-7-21(22,23)8-10-29/h3-6,11-13H,7-10H2,1-2H3/b25-13+. The lowest BCUT2D eigenvalue weighted by molar-refractivity contribution is -0.0494. The van der Waals surface area contributed by atoms with Gasteiger partial charge in [-0.1, -0.05) is 5.21 Å². The second-order valence-electron chi connectivity index (χ2n) is 7.78. The highest BCUT2D eigenvalue weighted by Crippen LogP contribution is 2.28. The van der Waals surface area contributed by atoms with Gasteiger partial charge in [-0.3, -0.25) is 9.59 Å². The fourth-order valence-electron chi connectivity index (χ4n) is 3.32. The third-order valence-corrected chi connectivity index (χ3v) is 5.08. The Morgan fingerprint density at radius 1 is 1.12 bits per heavy atom. The van der Waals surface area contributed by atoms with Gasteiger partial charge in [-0.2, -0.15) is 9.67 Å². The topological polar surface area (TPSA) is 96.6 Å². The van der Waals surface area contributed by atoms with Gasteiger partial charge in [0.15, 0.2) is 5.65 Å². The van der Waals surface area contributed by atoms with Gasteiger partial charge >= 0.3 is 0 Å². The minimum absolute atomic E-state index is 0.000217. The normalized spacial score (nSPS) is 15.9. The molecule has 1 fully saturated rings. The number of carbonyl (C=O) groups excluding carboxylic acids is 2. The van der Waals surface area contributed by atoms with Crippen LogP contribution >= 0.6 is 0 Å². The van der Waals surface area contributed by atoms with Gasteiger partial charge in [-0.05, 0) is 30.3 Å². The van der Waals surface area contributed by atoms with Gasteiger partial charge in [0, 0.05) is 51.8 Å². The second-order valence-corrected chi connectivity index (χ2v) is 7.78. The number of carbonyl (C=O) groups is 2. The molecule has 4 rings (SSSR count). The van der Waals surface area contributed by atoms with Crippen molar-refractivity contribution in [1.29, 1.82) is 0 Å². The largest absolute Gasteiger partial charge is 0.369 e. The average Bonchev–Trinajstić information content (AvgIpc) is 3.20. The number of halogens is 2. The number of piperidine rings is 1. The van der Waals surface area contributed by atoms with E-state index in [9.17, 15) is 18.4 Å². The number of alkyl halides is 2. The van der Waals surface area contributed by atoms with Crippen molar-refractivity contribution < 1.29 is 18.4 Å². The first kappa shape index (κ1) is 21.5. The zero-order valence-electron chi connectivity index (χ0n) is 17.6. The summed E-state index contributed by atoms with van der Waals surface area (Å²) in [5.74, 6) is -3.45. The van der Waals surface area contributed by atoms with Gasteiger partial charge in [-0.25, -0.2) is 13.8 Å². The molecule has 0 bridgehead atoms. The number of fused-ring (bicyclic) bond motifs is 1. The zero-order chi connectivity index (χ0) is 22.9. The number of amides is 2. The summed E-state index contributed by atoms with van der Waals surface area (Å²) in [6.07, 6.45) is 2.14. The molecule has 0 spiro atoms. The minimum Gasteiger partial charge on any atom is -0.369 e. The summed E-state index contributed by atoms with van der Waals surface area (Å²) in [6, 6.07) is 8.20. The highest BCUT2D eigenvalue weighted by Gasteiger charge is 2.35. The van der Waals surface area contributed by atoms with Gasteiger partial charge in [0.05, 0.1) is 17.6 Å². The van der Waals surface area contributed by atoms with Crippen LogP contribution < -0.4 is 0 Å². The third-order valence-electron chi connectivity index (χ3n) is 5.08. The molecule has 9 nitrogen and oxygen atoms in total. The number of aromatic nitrogens is 4. The van der Waals surface area contributed by atoms with Crippen molar-refractivity contribution in [3.8, 4) is 5.69 Å². The molecule has 2 aromatic heterocycles. The summed E-state index contributed by atoms with van der Waals surface area (Å²) in [4.78, 5) is 36.0. The molecule has 166 valence electrons. The maximum atomic E-state index is 13.4. The Balaban J connectivity index is 1.53. The maximum absolute atomic E-state index is 13.4. The molecule has 0 N–H and O–H groups in total. The van der Waals surface area contributed by atoms with E-state index in [0.717, 1.165) is 0 Å². The maximum Gasteiger partial charge on any atom is 0.278 e. The lowest BCUT2D eigenvalue weighted by Crippen LogP contribution is -2.42. The first-order chi connectivity index (χ1) is 15.2. The van der Waals surface area contributed by atoms with Crippen LogP contribution in [0.4, 0.5) is 8.78 Å². The van der Waals surface area contributed by atoms with Crippen LogP contribution in [0, 0.1) is 0 Å². The Hall–Kier alpha value is -3.76. The zero-order valence-corrected chi connectivity index (χ0v) is 17.6. The number of hydrogen-bond acceptors (Lipinski definition) is 5. The van der Waals surface area contributed by atoms with E-state index >= 15 is 0 Å². The summed E-state index contributed by atoms with van der Waals surface area (Å²) >= 11 is 0. The van der Waals surface area contributed by atoms with E-state index in [1.54, 1.807) is 49.3 Å². The number of aliphatic imine (C=N–C) groups is 1. The van der Waals surface area contributed by atoms with E-state index in [2.05, 4.69) is 20.3 Å². The van der Waals surface area contributed by atoms with Crippen molar-refractivity contribution in [2.45, 2.75) is 18.8 Å². The van der Waals surface area contributed by atoms with Gasteiger partial charge < -0.3 is 9.80 Å². The summed E-state index contributed by atoms with van der Waals surface area (Å²) in [7, 11) is 3.54. The Morgan fingerprint density at radius 2 is 1.81 bits per heavy atom. The predicted octanol–water partition coefficient (Wildman–Crippen LogP) is 2.42. The summed E-state index contributed by atoms with van der Waals surface area (Å²) in [5, 5.41) is 8.17. The Labute approximate surface area is 182 Å². The second kappa shape index (κ2) is 8.40. The smallest absolute Gasteiger partial charge is 0.278 e. The highest BCUT2D eigenvalue weighted by atomic mass is 19.3. The fraction of sp³-hybridized carbons (Fsp3) is 0.333. The van der Waals surface area contributed by atoms with Gasteiger partial charge in [-0.15, -0.1) is 5.10 Å². The van der Waals surface area contributed by atoms with Crippen LogP contribution in [0.15, 0.2) is 41.5 Å². The monoisotopic (exact) mass is 441 g/mol. The number of pyridine rings is 1. The molecular weight excluding hydrogens is 420 g/mol. The van der Waals surface area contributed by atoms with E-state index in [0.29, 0.717) is 22.4 Å². The van der Waals surface area contributed by atoms with E-state index in [1.165, 1.54) is 22.1 Å².